The largest absolute Gasteiger partial charge is 0.417 e. The first-order valence-corrected chi connectivity index (χ1v) is 9.16. The summed E-state index contributed by atoms with van der Waals surface area (Å²) in [6, 6.07) is 0.945. The summed E-state index contributed by atoms with van der Waals surface area (Å²) >= 11 is 0. The van der Waals surface area contributed by atoms with Crippen molar-refractivity contribution in [1.29, 1.82) is 0 Å². The molecule has 2 unspecified atom stereocenters. The average molecular weight is 223 g/mol. The standard InChI is InChI=1S/C7H21NO3Si2/c1-9-12(3)11-13(4,10-2)7-5-6-8/h12H,5-8H2,1-4H3. The summed E-state index contributed by atoms with van der Waals surface area (Å²) in [5, 5.41) is 0. The quantitative estimate of drug-likeness (QED) is 0.641. The second-order valence-electron chi connectivity index (χ2n) is 3.15. The zero-order valence-electron chi connectivity index (χ0n) is 9.00. The average Bonchev–Trinajstić information content (AvgIpc) is 2.14. The van der Waals surface area contributed by atoms with Gasteiger partial charge in [0.25, 0.3) is 0 Å². The van der Waals surface area contributed by atoms with Crippen LogP contribution in [-0.4, -0.2) is 38.6 Å². The van der Waals surface area contributed by atoms with Crippen molar-refractivity contribution in [3.63, 3.8) is 0 Å². The van der Waals surface area contributed by atoms with E-state index in [2.05, 4.69) is 6.55 Å². The summed E-state index contributed by atoms with van der Waals surface area (Å²) in [7, 11) is -0.0497. The molecule has 4 nitrogen and oxygen atoms in total. The molecule has 0 aromatic heterocycles. The number of nitrogens with two attached hydrogens (primary N) is 1. The van der Waals surface area contributed by atoms with Gasteiger partial charge in [0.05, 0.1) is 0 Å². The van der Waals surface area contributed by atoms with Gasteiger partial charge in [0.2, 0.25) is 0 Å². The monoisotopic (exact) mass is 223 g/mol. The molecule has 0 aliphatic heterocycles. The van der Waals surface area contributed by atoms with E-state index >= 15 is 0 Å². The summed E-state index contributed by atoms with van der Waals surface area (Å²) in [5.74, 6) is 0. The molecule has 0 aliphatic rings. The minimum atomic E-state index is -1.97. The van der Waals surface area contributed by atoms with Crippen LogP contribution in [0.5, 0.6) is 0 Å². The van der Waals surface area contributed by atoms with Crippen molar-refractivity contribution in [3.8, 4) is 0 Å². The predicted octanol–water partition coefficient (Wildman–Crippen LogP) is 0.567. The van der Waals surface area contributed by atoms with E-state index in [1.807, 2.05) is 6.55 Å². The maximum Gasteiger partial charge on any atom is 0.325 e. The van der Waals surface area contributed by atoms with Gasteiger partial charge in [-0.2, -0.15) is 0 Å². The molecule has 0 radical (unpaired) electrons. The van der Waals surface area contributed by atoms with Gasteiger partial charge in [0, 0.05) is 14.2 Å². The first-order chi connectivity index (χ1) is 6.08. The van der Waals surface area contributed by atoms with Crippen LogP contribution in [0.3, 0.4) is 0 Å². The zero-order valence-corrected chi connectivity index (χ0v) is 11.2. The molecule has 0 bridgehead atoms. The van der Waals surface area contributed by atoms with Gasteiger partial charge < -0.3 is 18.7 Å². The molecule has 0 rings (SSSR count). The van der Waals surface area contributed by atoms with E-state index in [0.29, 0.717) is 6.54 Å². The molecular formula is C7H21NO3Si2. The Morgan fingerprint density at radius 3 is 2.38 bits per heavy atom. The smallest absolute Gasteiger partial charge is 0.325 e. The molecule has 6 heteroatoms. The second kappa shape index (κ2) is 6.69. The molecule has 13 heavy (non-hydrogen) atoms. The van der Waals surface area contributed by atoms with Gasteiger partial charge in [-0.3, -0.25) is 0 Å². The van der Waals surface area contributed by atoms with Gasteiger partial charge in [-0.1, -0.05) is 0 Å². The Balaban J connectivity index is 3.94. The molecule has 0 aliphatic carbocycles. The van der Waals surface area contributed by atoms with Crippen LogP contribution in [0.4, 0.5) is 0 Å². The van der Waals surface area contributed by atoms with Crippen LogP contribution in [0.2, 0.25) is 19.1 Å². The van der Waals surface area contributed by atoms with Crippen molar-refractivity contribution in [1.82, 2.24) is 0 Å². The lowest BCUT2D eigenvalue weighted by Crippen LogP contribution is -2.43. The Morgan fingerprint density at radius 2 is 2.00 bits per heavy atom. The van der Waals surface area contributed by atoms with Crippen molar-refractivity contribution < 1.29 is 13.0 Å². The van der Waals surface area contributed by atoms with E-state index in [1.165, 1.54) is 0 Å². The van der Waals surface area contributed by atoms with Crippen LogP contribution < -0.4 is 5.73 Å². The SMILES string of the molecule is CO[SiH](C)O[Si](C)(CCCN)OC. The van der Waals surface area contributed by atoms with Crippen molar-refractivity contribution in [3.05, 3.63) is 0 Å². The van der Waals surface area contributed by atoms with E-state index < -0.39 is 17.8 Å². The van der Waals surface area contributed by atoms with E-state index in [1.54, 1.807) is 14.2 Å². The van der Waals surface area contributed by atoms with E-state index in [0.717, 1.165) is 12.5 Å². The van der Waals surface area contributed by atoms with Gasteiger partial charge in [-0.15, -0.1) is 0 Å². The third kappa shape index (κ3) is 5.55. The molecule has 0 aromatic carbocycles. The summed E-state index contributed by atoms with van der Waals surface area (Å²) in [4.78, 5) is 0. The Labute approximate surface area is 83.5 Å². The summed E-state index contributed by atoms with van der Waals surface area (Å²) < 4.78 is 16.4. The molecule has 80 valence electrons. The predicted molar refractivity (Wildman–Crippen MR) is 58.2 cm³/mol. The third-order valence-corrected chi connectivity index (χ3v) is 8.13. The molecule has 0 heterocycles. The van der Waals surface area contributed by atoms with E-state index in [4.69, 9.17) is 18.7 Å². The van der Waals surface area contributed by atoms with Crippen molar-refractivity contribution in [2.45, 2.75) is 25.6 Å². The first-order valence-electron chi connectivity index (χ1n) is 4.54. The Bertz CT molecular complexity index is 139. The fraction of sp³-hybridized carbons (Fsp3) is 1.00. The highest BCUT2D eigenvalue weighted by Gasteiger charge is 2.31. The van der Waals surface area contributed by atoms with Crippen LogP contribution in [-0.2, 0) is 13.0 Å². The maximum absolute atomic E-state index is 5.82. The topological polar surface area (TPSA) is 53.7 Å². The fourth-order valence-corrected chi connectivity index (χ4v) is 6.13. The molecule has 0 saturated carbocycles. The van der Waals surface area contributed by atoms with Crippen LogP contribution in [0.15, 0.2) is 0 Å². The van der Waals surface area contributed by atoms with Crippen molar-refractivity contribution >= 4 is 17.8 Å². The maximum atomic E-state index is 5.82. The van der Waals surface area contributed by atoms with E-state index in [9.17, 15) is 0 Å². The molecule has 2 N–H and O–H groups in total. The van der Waals surface area contributed by atoms with Gasteiger partial charge in [-0.25, -0.2) is 0 Å². The molecule has 0 aromatic rings. The molecule has 0 fully saturated rings. The minimum absolute atomic E-state index is 0.693. The van der Waals surface area contributed by atoms with Gasteiger partial charge in [-0.05, 0) is 32.1 Å². The van der Waals surface area contributed by atoms with Crippen LogP contribution >= 0.6 is 0 Å². The summed E-state index contributed by atoms with van der Waals surface area (Å²) in [5.41, 5.74) is 5.44. The lowest BCUT2D eigenvalue weighted by molar-refractivity contribution is 0.261. The fourth-order valence-electron chi connectivity index (χ4n) is 1.03. The highest BCUT2D eigenvalue weighted by atomic mass is 28.4. The molecule has 2 atom stereocenters. The number of hydrogen-bond donors (Lipinski definition) is 1. The van der Waals surface area contributed by atoms with Crippen LogP contribution in [0, 0.1) is 0 Å². The first kappa shape index (κ1) is 13.3. The summed E-state index contributed by atoms with van der Waals surface area (Å²) in [6.45, 7) is 4.76. The van der Waals surface area contributed by atoms with Gasteiger partial charge >= 0.3 is 17.8 Å². The van der Waals surface area contributed by atoms with Gasteiger partial charge in [0.15, 0.2) is 0 Å². The molecule has 0 spiro atoms. The highest BCUT2D eigenvalue weighted by molar-refractivity contribution is 6.72. The minimum Gasteiger partial charge on any atom is -0.417 e. The van der Waals surface area contributed by atoms with Crippen LogP contribution in [0.25, 0.3) is 0 Å². The van der Waals surface area contributed by atoms with Crippen LogP contribution in [0.1, 0.15) is 6.42 Å². The normalized spacial score (nSPS) is 18.2. The second-order valence-corrected chi connectivity index (χ2v) is 8.88. The third-order valence-electron chi connectivity index (χ3n) is 2.01. The van der Waals surface area contributed by atoms with Crippen molar-refractivity contribution in [2.75, 3.05) is 20.8 Å². The number of hydrogen-bond acceptors (Lipinski definition) is 4. The highest BCUT2D eigenvalue weighted by Crippen LogP contribution is 2.15. The van der Waals surface area contributed by atoms with Crippen molar-refractivity contribution in [2.24, 2.45) is 5.73 Å². The van der Waals surface area contributed by atoms with E-state index in [-0.39, 0.29) is 0 Å². The lowest BCUT2D eigenvalue weighted by Gasteiger charge is -2.27. The Kier molecular flexibility index (Phi) is 6.83. The Hall–Kier alpha value is 0.274. The molecule has 0 saturated heterocycles. The van der Waals surface area contributed by atoms with Gasteiger partial charge in [0.1, 0.15) is 0 Å². The lowest BCUT2D eigenvalue weighted by atomic mass is 10.5. The number of rotatable bonds is 7. The zero-order chi connectivity index (χ0) is 10.3. The molecule has 0 amide bonds. The summed E-state index contributed by atoms with van der Waals surface area (Å²) in [6.07, 6.45) is 0.960. The Morgan fingerprint density at radius 1 is 1.38 bits per heavy atom. The molecular weight excluding hydrogens is 202 g/mol.